The van der Waals surface area contributed by atoms with Gasteiger partial charge in [-0.15, -0.1) is 0 Å². The van der Waals surface area contributed by atoms with Crippen LogP contribution in [-0.2, 0) is 4.79 Å². The van der Waals surface area contributed by atoms with Gasteiger partial charge in [0.2, 0.25) is 0 Å². The van der Waals surface area contributed by atoms with Crippen LogP contribution in [0.5, 0.6) is 0 Å². The van der Waals surface area contributed by atoms with Crippen LogP contribution in [0.4, 0.5) is 5.69 Å². The summed E-state index contributed by atoms with van der Waals surface area (Å²) in [5, 5.41) is 12.0. The van der Waals surface area contributed by atoms with E-state index >= 15 is 0 Å². The fourth-order valence-electron chi connectivity index (χ4n) is 1.93. The average Bonchev–Trinajstić information content (AvgIpc) is 2.50. The van der Waals surface area contributed by atoms with Crippen LogP contribution in [-0.4, -0.2) is 5.91 Å². The molecule has 110 valence electrons. The maximum atomic E-state index is 12.3. The Balaban J connectivity index is 2.24. The van der Waals surface area contributed by atoms with Crippen LogP contribution in [0.25, 0.3) is 6.08 Å². The molecule has 3 nitrogen and oxygen atoms in total. The summed E-state index contributed by atoms with van der Waals surface area (Å²) in [5.41, 5.74) is 3.61. The van der Waals surface area contributed by atoms with Crippen molar-refractivity contribution < 1.29 is 4.79 Å². The summed E-state index contributed by atoms with van der Waals surface area (Å²) in [6.45, 7) is 3.87. The van der Waals surface area contributed by atoms with Gasteiger partial charge in [0.25, 0.3) is 5.91 Å². The van der Waals surface area contributed by atoms with E-state index in [-0.39, 0.29) is 5.57 Å². The van der Waals surface area contributed by atoms with Crippen LogP contribution in [0.3, 0.4) is 0 Å². The van der Waals surface area contributed by atoms with Gasteiger partial charge in [-0.3, -0.25) is 4.79 Å². The van der Waals surface area contributed by atoms with Crippen molar-refractivity contribution in [2.45, 2.75) is 13.8 Å². The molecule has 0 heterocycles. The van der Waals surface area contributed by atoms with Crippen LogP contribution >= 0.6 is 15.9 Å². The molecule has 2 rings (SSSR count). The molecule has 0 bridgehead atoms. The zero-order valence-corrected chi connectivity index (χ0v) is 13.9. The molecule has 1 amide bonds. The number of nitrogens with zero attached hydrogens (tertiary/aromatic N) is 1. The van der Waals surface area contributed by atoms with Crippen molar-refractivity contribution in [1.29, 1.82) is 5.26 Å². The second kappa shape index (κ2) is 7.06. The Morgan fingerprint density at radius 1 is 1.18 bits per heavy atom. The van der Waals surface area contributed by atoms with Gasteiger partial charge in [-0.25, -0.2) is 0 Å². The maximum Gasteiger partial charge on any atom is 0.266 e. The zero-order valence-electron chi connectivity index (χ0n) is 12.4. The van der Waals surface area contributed by atoms with E-state index in [4.69, 9.17) is 0 Å². The Morgan fingerprint density at radius 3 is 2.50 bits per heavy atom. The minimum Gasteiger partial charge on any atom is -0.321 e. The first-order chi connectivity index (χ1) is 10.5. The molecule has 0 aliphatic heterocycles. The second-order valence-corrected chi connectivity index (χ2v) is 5.91. The predicted octanol–water partition coefficient (Wildman–Crippen LogP) is 4.61. The minimum atomic E-state index is -0.404. The third-order valence-electron chi connectivity index (χ3n) is 3.19. The third-order valence-corrected chi connectivity index (χ3v) is 3.72. The van der Waals surface area contributed by atoms with Crippen LogP contribution in [0, 0.1) is 25.2 Å². The number of rotatable bonds is 3. The van der Waals surface area contributed by atoms with E-state index in [1.807, 2.05) is 62.4 Å². The Hall–Kier alpha value is -2.38. The molecule has 0 unspecified atom stereocenters. The van der Waals surface area contributed by atoms with Gasteiger partial charge in [-0.2, -0.15) is 5.26 Å². The van der Waals surface area contributed by atoms with Gasteiger partial charge in [-0.1, -0.05) is 40.2 Å². The molecule has 0 aliphatic rings. The summed E-state index contributed by atoms with van der Waals surface area (Å²) in [7, 11) is 0. The van der Waals surface area contributed by atoms with E-state index in [9.17, 15) is 10.1 Å². The maximum absolute atomic E-state index is 12.3. The van der Waals surface area contributed by atoms with Crippen molar-refractivity contribution in [3.05, 3.63) is 69.2 Å². The highest BCUT2D eigenvalue weighted by Gasteiger charge is 2.11. The lowest BCUT2D eigenvalue weighted by molar-refractivity contribution is -0.112. The van der Waals surface area contributed by atoms with Crippen LogP contribution in [0.2, 0.25) is 0 Å². The second-order valence-electron chi connectivity index (χ2n) is 4.99. The summed E-state index contributed by atoms with van der Waals surface area (Å²) in [6.07, 6.45) is 1.58. The number of hydrogen-bond acceptors (Lipinski definition) is 2. The summed E-state index contributed by atoms with van der Waals surface area (Å²) in [6, 6.07) is 15.2. The number of benzene rings is 2. The molecule has 2 aromatic carbocycles. The van der Waals surface area contributed by atoms with Gasteiger partial charge in [0.15, 0.2) is 0 Å². The molecule has 4 heteroatoms. The SMILES string of the molecule is Cc1ccc(C)c(NC(=O)/C(C#N)=C/c2ccc(Br)cc2)c1. The normalized spacial score (nSPS) is 10.9. The van der Waals surface area contributed by atoms with Gasteiger partial charge in [0.1, 0.15) is 11.6 Å². The van der Waals surface area contributed by atoms with E-state index < -0.39 is 5.91 Å². The van der Waals surface area contributed by atoms with Gasteiger partial charge in [-0.05, 0) is 54.8 Å². The Kier molecular flexibility index (Phi) is 5.13. The first kappa shape index (κ1) is 16.0. The number of amides is 1. The number of hydrogen-bond donors (Lipinski definition) is 1. The predicted molar refractivity (Wildman–Crippen MR) is 92.3 cm³/mol. The van der Waals surface area contributed by atoms with E-state index in [1.54, 1.807) is 6.08 Å². The van der Waals surface area contributed by atoms with Crippen molar-refractivity contribution in [3.63, 3.8) is 0 Å². The highest BCUT2D eigenvalue weighted by molar-refractivity contribution is 9.10. The number of halogens is 1. The molecular formula is C18H15BrN2O. The molecule has 0 atom stereocenters. The molecule has 0 radical (unpaired) electrons. The quantitative estimate of drug-likeness (QED) is 0.646. The monoisotopic (exact) mass is 354 g/mol. The summed E-state index contributed by atoms with van der Waals surface area (Å²) < 4.78 is 0.947. The van der Waals surface area contributed by atoms with E-state index in [1.165, 1.54) is 0 Å². The summed E-state index contributed by atoms with van der Waals surface area (Å²) >= 11 is 3.35. The standard InChI is InChI=1S/C18H15BrN2O/c1-12-3-4-13(2)17(9-12)21-18(22)15(11-20)10-14-5-7-16(19)8-6-14/h3-10H,1-2H3,(H,21,22)/b15-10+. The first-order valence-electron chi connectivity index (χ1n) is 6.75. The van der Waals surface area contributed by atoms with Crippen molar-refractivity contribution in [3.8, 4) is 6.07 Å². The van der Waals surface area contributed by atoms with E-state index in [0.29, 0.717) is 0 Å². The summed E-state index contributed by atoms with van der Waals surface area (Å²) in [5.74, 6) is -0.404. The van der Waals surface area contributed by atoms with Crippen molar-refractivity contribution >= 4 is 33.6 Å². The number of carbonyl (C=O) groups is 1. The topological polar surface area (TPSA) is 52.9 Å². The smallest absolute Gasteiger partial charge is 0.266 e. The molecule has 0 saturated heterocycles. The molecule has 0 fully saturated rings. The van der Waals surface area contributed by atoms with Crippen molar-refractivity contribution in [1.82, 2.24) is 0 Å². The minimum absolute atomic E-state index is 0.0724. The average molecular weight is 355 g/mol. The molecule has 1 N–H and O–H groups in total. The summed E-state index contributed by atoms with van der Waals surface area (Å²) in [4.78, 5) is 12.3. The fourth-order valence-corrected chi connectivity index (χ4v) is 2.20. The molecule has 0 aliphatic carbocycles. The van der Waals surface area contributed by atoms with Crippen LogP contribution in [0.15, 0.2) is 52.5 Å². The van der Waals surface area contributed by atoms with Gasteiger partial charge >= 0.3 is 0 Å². The first-order valence-corrected chi connectivity index (χ1v) is 7.55. The van der Waals surface area contributed by atoms with Crippen molar-refractivity contribution in [2.75, 3.05) is 5.32 Å². The number of nitriles is 1. The highest BCUT2D eigenvalue weighted by Crippen LogP contribution is 2.18. The largest absolute Gasteiger partial charge is 0.321 e. The number of aryl methyl sites for hydroxylation is 2. The number of anilines is 1. The lowest BCUT2D eigenvalue weighted by Crippen LogP contribution is -2.14. The van der Waals surface area contributed by atoms with Gasteiger partial charge < -0.3 is 5.32 Å². The van der Waals surface area contributed by atoms with Crippen LogP contribution < -0.4 is 5.32 Å². The van der Waals surface area contributed by atoms with Crippen molar-refractivity contribution in [2.24, 2.45) is 0 Å². The lowest BCUT2D eigenvalue weighted by atomic mass is 10.1. The fraction of sp³-hybridized carbons (Fsp3) is 0.111. The van der Waals surface area contributed by atoms with Crippen LogP contribution in [0.1, 0.15) is 16.7 Å². The number of carbonyl (C=O) groups excluding carboxylic acids is 1. The molecule has 2 aromatic rings. The van der Waals surface area contributed by atoms with Gasteiger partial charge in [0.05, 0.1) is 0 Å². The Bertz CT molecular complexity index is 771. The van der Waals surface area contributed by atoms with E-state index in [0.717, 1.165) is 26.9 Å². The Morgan fingerprint density at radius 2 is 1.86 bits per heavy atom. The lowest BCUT2D eigenvalue weighted by Gasteiger charge is -2.08. The molecule has 0 aromatic heterocycles. The molecule has 0 spiro atoms. The van der Waals surface area contributed by atoms with E-state index in [2.05, 4.69) is 21.2 Å². The Labute approximate surface area is 138 Å². The van der Waals surface area contributed by atoms with Gasteiger partial charge in [0, 0.05) is 10.2 Å². The molecular weight excluding hydrogens is 340 g/mol. The molecule has 22 heavy (non-hydrogen) atoms. The number of nitrogens with one attached hydrogen (secondary N) is 1. The third kappa shape index (κ3) is 4.06. The highest BCUT2D eigenvalue weighted by atomic mass is 79.9. The zero-order chi connectivity index (χ0) is 16.1. The molecule has 0 saturated carbocycles.